The van der Waals surface area contributed by atoms with E-state index in [2.05, 4.69) is 25.5 Å². The van der Waals surface area contributed by atoms with Crippen molar-refractivity contribution in [2.45, 2.75) is 19.4 Å². The van der Waals surface area contributed by atoms with Crippen molar-refractivity contribution in [3.8, 4) is 0 Å². The number of imidazole rings is 1. The van der Waals surface area contributed by atoms with Gasteiger partial charge in [-0.3, -0.25) is 4.79 Å². The lowest BCUT2D eigenvalue weighted by Gasteiger charge is -2.19. The van der Waals surface area contributed by atoms with Gasteiger partial charge in [-0.1, -0.05) is 0 Å². The first-order valence-corrected chi connectivity index (χ1v) is 6.71. The fourth-order valence-corrected chi connectivity index (χ4v) is 2.61. The molecule has 7 nitrogen and oxygen atoms in total. The van der Waals surface area contributed by atoms with Crippen LogP contribution in [0.5, 0.6) is 0 Å². The van der Waals surface area contributed by atoms with Gasteiger partial charge in [-0.25, -0.2) is 9.97 Å². The maximum Gasteiger partial charge on any atom is 0.217 e. The van der Waals surface area contributed by atoms with E-state index in [1.807, 2.05) is 23.8 Å². The average molecular weight is 274 g/mol. The molecule has 0 aromatic carbocycles. The standard InChI is InChI=1S/C13H18N6O/c1-9(20)16-10-3-5-18(7-10)13-12-15-4-6-19(12)8-11(14-2)17-13/h4,6,8,10,14H,3,5,7H2,1-2H3,(H,16,20). The molecule has 2 aromatic heterocycles. The Morgan fingerprint density at radius 3 is 3.10 bits per heavy atom. The van der Waals surface area contributed by atoms with Crippen LogP contribution in [-0.4, -0.2) is 46.5 Å². The minimum atomic E-state index is 0.0137. The third-order valence-corrected chi connectivity index (χ3v) is 3.51. The van der Waals surface area contributed by atoms with Crippen LogP contribution in [0.1, 0.15) is 13.3 Å². The SMILES string of the molecule is CNc1cn2ccnc2c(N2CCC(NC(C)=O)C2)n1. The molecule has 7 heteroatoms. The molecule has 0 saturated carbocycles. The Kier molecular flexibility index (Phi) is 3.17. The maximum absolute atomic E-state index is 11.1. The maximum atomic E-state index is 11.1. The molecule has 1 fully saturated rings. The number of rotatable bonds is 3. The summed E-state index contributed by atoms with van der Waals surface area (Å²) in [6, 6.07) is 0.183. The molecule has 1 aliphatic rings. The molecular formula is C13H18N6O. The van der Waals surface area contributed by atoms with Crippen molar-refractivity contribution in [1.82, 2.24) is 19.7 Å². The third-order valence-electron chi connectivity index (χ3n) is 3.51. The summed E-state index contributed by atoms with van der Waals surface area (Å²) in [6.45, 7) is 3.19. The lowest BCUT2D eigenvalue weighted by molar-refractivity contribution is -0.119. The van der Waals surface area contributed by atoms with E-state index in [0.717, 1.165) is 36.8 Å². The lowest BCUT2D eigenvalue weighted by Crippen LogP contribution is -2.35. The highest BCUT2D eigenvalue weighted by atomic mass is 16.1. The molecule has 0 radical (unpaired) electrons. The van der Waals surface area contributed by atoms with Gasteiger partial charge in [0.2, 0.25) is 5.91 Å². The number of nitrogens with one attached hydrogen (secondary N) is 2. The number of nitrogens with zero attached hydrogens (tertiary/aromatic N) is 4. The van der Waals surface area contributed by atoms with Gasteiger partial charge in [0, 0.05) is 45.5 Å². The Morgan fingerprint density at radius 2 is 2.35 bits per heavy atom. The van der Waals surface area contributed by atoms with Gasteiger partial charge < -0.3 is 19.9 Å². The van der Waals surface area contributed by atoms with Crippen molar-refractivity contribution in [3.05, 3.63) is 18.6 Å². The molecule has 20 heavy (non-hydrogen) atoms. The lowest BCUT2D eigenvalue weighted by atomic mass is 10.3. The number of hydrogen-bond donors (Lipinski definition) is 2. The Morgan fingerprint density at radius 1 is 1.50 bits per heavy atom. The zero-order valence-electron chi connectivity index (χ0n) is 11.6. The molecule has 1 aliphatic heterocycles. The van der Waals surface area contributed by atoms with Crippen LogP contribution in [-0.2, 0) is 4.79 Å². The first-order chi connectivity index (χ1) is 9.67. The summed E-state index contributed by atoms with van der Waals surface area (Å²) < 4.78 is 1.96. The van der Waals surface area contributed by atoms with Crippen LogP contribution in [0.25, 0.3) is 5.65 Å². The van der Waals surface area contributed by atoms with Gasteiger partial charge in [0.1, 0.15) is 5.82 Å². The number of carbonyl (C=O) groups is 1. The number of aromatic nitrogens is 3. The van der Waals surface area contributed by atoms with Gasteiger partial charge in [0.05, 0.1) is 6.20 Å². The van der Waals surface area contributed by atoms with Gasteiger partial charge in [-0.15, -0.1) is 0 Å². The van der Waals surface area contributed by atoms with Crippen LogP contribution in [0.2, 0.25) is 0 Å². The van der Waals surface area contributed by atoms with Crippen LogP contribution >= 0.6 is 0 Å². The van der Waals surface area contributed by atoms with Gasteiger partial charge in [-0.2, -0.15) is 0 Å². The Hall–Kier alpha value is -2.31. The zero-order chi connectivity index (χ0) is 14.1. The normalized spacial score (nSPS) is 18.5. The highest BCUT2D eigenvalue weighted by Crippen LogP contribution is 2.24. The van der Waals surface area contributed by atoms with Crippen LogP contribution < -0.4 is 15.5 Å². The number of fused-ring (bicyclic) bond motifs is 1. The van der Waals surface area contributed by atoms with Crippen molar-refractivity contribution < 1.29 is 4.79 Å². The zero-order valence-corrected chi connectivity index (χ0v) is 11.6. The fourth-order valence-electron chi connectivity index (χ4n) is 2.61. The molecule has 106 valence electrons. The molecule has 0 bridgehead atoms. The second-order valence-corrected chi connectivity index (χ2v) is 4.99. The highest BCUT2D eigenvalue weighted by Gasteiger charge is 2.26. The van der Waals surface area contributed by atoms with Crippen molar-refractivity contribution in [1.29, 1.82) is 0 Å². The number of hydrogen-bond acceptors (Lipinski definition) is 5. The largest absolute Gasteiger partial charge is 0.372 e. The predicted octanol–water partition coefficient (Wildman–Crippen LogP) is 0.486. The van der Waals surface area contributed by atoms with Crippen LogP contribution in [0.15, 0.2) is 18.6 Å². The topological polar surface area (TPSA) is 74.6 Å². The average Bonchev–Trinajstić information content (AvgIpc) is 3.05. The summed E-state index contributed by atoms with van der Waals surface area (Å²) in [6.07, 6.45) is 6.51. The van der Waals surface area contributed by atoms with Crippen molar-refractivity contribution in [2.75, 3.05) is 30.4 Å². The summed E-state index contributed by atoms with van der Waals surface area (Å²) in [7, 11) is 1.85. The molecule has 3 rings (SSSR count). The van der Waals surface area contributed by atoms with E-state index in [4.69, 9.17) is 0 Å². The smallest absolute Gasteiger partial charge is 0.217 e. The van der Waals surface area contributed by atoms with E-state index in [-0.39, 0.29) is 11.9 Å². The third kappa shape index (κ3) is 2.26. The molecule has 3 heterocycles. The Bertz CT molecular complexity index is 637. The second kappa shape index (κ2) is 4.99. The quantitative estimate of drug-likeness (QED) is 0.852. The molecule has 2 aromatic rings. The molecule has 0 aliphatic carbocycles. The monoisotopic (exact) mass is 274 g/mol. The van der Waals surface area contributed by atoms with Gasteiger partial charge in [0.15, 0.2) is 11.5 Å². The van der Waals surface area contributed by atoms with E-state index >= 15 is 0 Å². The molecule has 2 N–H and O–H groups in total. The highest BCUT2D eigenvalue weighted by molar-refractivity contribution is 5.73. The number of amides is 1. The summed E-state index contributed by atoms with van der Waals surface area (Å²) >= 11 is 0. The van der Waals surface area contributed by atoms with Crippen molar-refractivity contribution in [2.24, 2.45) is 0 Å². The molecule has 0 spiro atoms. The van der Waals surface area contributed by atoms with E-state index in [9.17, 15) is 4.79 Å². The summed E-state index contributed by atoms with van der Waals surface area (Å²) in [5.41, 5.74) is 0.840. The fraction of sp³-hybridized carbons (Fsp3) is 0.462. The van der Waals surface area contributed by atoms with Gasteiger partial charge >= 0.3 is 0 Å². The minimum absolute atomic E-state index is 0.0137. The van der Waals surface area contributed by atoms with Crippen molar-refractivity contribution >= 4 is 23.2 Å². The second-order valence-electron chi connectivity index (χ2n) is 4.99. The minimum Gasteiger partial charge on any atom is -0.372 e. The van der Waals surface area contributed by atoms with Gasteiger partial charge in [0.25, 0.3) is 0 Å². The number of anilines is 2. The Balaban J connectivity index is 1.90. The van der Waals surface area contributed by atoms with Crippen molar-refractivity contribution in [3.63, 3.8) is 0 Å². The summed E-state index contributed by atoms with van der Waals surface area (Å²) in [5, 5.41) is 6.02. The predicted molar refractivity (Wildman–Crippen MR) is 77.0 cm³/mol. The Labute approximate surface area is 117 Å². The molecule has 1 amide bonds. The van der Waals surface area contributed by atoms with E-state index in [1.165, 1.54) is 0 Å². The first-order valence-electron chi connectivity index (χ1n) is 6.71. The molecular weight excluding hydrogens is 256 g/mol. The van der Waals surface area contributed by atoms with Crippen LogP contribution in [0, 0.1) is 0 Å². The molecule has 1 atom stereocenters. The molecule has 1 saturated heterocycles. The van der Waals surface area contributed by atoms with E-state index < -0.39 is 0 Å². The van der Waals surface area contributed by atoms with E-state index in [0.29, 0.717) is 0 Å². The number of carbonyl (C=O) groups excluding carboxylic acids is 1. The molecule has 1 unspecified atom stereocenters. The first kappa shape index (κ1) is 12.7. The van der Waals surface area contributed by atoms with Crippen LogP contribution in [0.4, 0.5) is 11.6 Å². The van der Waals surface area contributed by atoms with Gasteiger partial charge in [-0.05, 0) is 6.42 Å². The summed E-state index contributed by atoms with van der Waals surface area (Å²) in [5.74, 6) is 1.67. The summed E-state index contributed by atoms with van der Waals surface area (Å²) in [4.78, 5) is 22.3. The van der Waals surface area contributed by atoms with E-state index in [1.54, 1.807) is 13.1 Å². The van der Waals surface area contributed by atoms with Crippen LogP contribution in [0.3, 0.4) is 0 Å².